The lowest BCUT2D eigenvalue weighted by Crippen LogP contribution is -2.42. The number of urea groups is 1. The molecule has 172 valence electrons. The highest BCUT2D eigenvalue weighted by Crippen LogP contribution is 2.30. The molecular weight excluding hydrogens is 406 g/mol. The fourth-order valence-electron chi connectivity index (χ4n) is 4.66. The monoisotopic (exact) mass is 439 g/mol. The van der Waals surface area contributed by atoms with E-state index in [2.05, 4.69) is 21.3 Å². The molecule has 0 saturated heterocycles. The summed E-state index contributed by atoms with van der Waals surface area (Å²) in [6.45, 7) is 5.09. The number of amides is 4. The highest BCUT2D eigenvalue weighted by atomic mass is 16.2. The molecule has 4 rings (SSSR count). The molecule has 0 radical (unpaired) electrons. The fourth-order valence-corrected chi connectivity index (χ4v) is 4.66. The van der Waals surface area contributed by atoms with E-state index in [0.29, 0.717) is 36.8 Å². The van der Waals surface area contributed by atoms with Crippen molar-refractivity contribution in [3.05, 3.63) is 30.0 Å². The minimum absolute atomic E-state index is 0.0333. The lowest BCUT2D eigenvalue weighted by Gasteiger charge is -2.28. The van der Waals surface area contributed by atoms with Crippen LogP contribution in [0.5, 0.6) is 0 Å². The molecule has 1 aliphatic heterocycles. The maximum atomic E-state index is 12.7. The predicted octanol–water partition coefficient (Wildman–Crippen LogP) is 3.54. The molecule has 2 aliphatic rings. The van der Waals surface area contributed by atoms with Gasteiger partial charge in [0, 0.05) is 42.1 Å². The van der Waals surface area contributed by atoms with Crippen LogP contribution in [0, 0.1) is 5.92 Å². The first-order valence-electron chi connectivity index (χ1n) is 11.7. The Morgan fingerprint density at radius 1 is 1.16 bits per heavy atom. The van der Waals surface area contributed by atoms with Crippen molar-refractivity contribution >= 4 is 34.4 Å². The highest BCUT2D eigenvalue weighted by Gasteiger charge is 2.29. The van der Waals surface area contributed by atoms with Crippen LogP contribution in [0.25, 0.3) is 10.9 Å². The van der Waals surface area contributed by atoms with Crippen LogP contribution in [0.15, 0.2) is 24.3 Å². The summed E-state index contributed by atoms with van der Waals surface area (Å²) in [5, 5.41) is 12.6. The molecule has 8 heteroatoms. The van der Waals surface area contributed by atoms with Gasteiger partial charge in [-0.15, -0.1) is 0 Å². The Labute approximate surface area is 188 Å². The SMILES string of the molecule is CC(C)CNC(=O)Nc1ccc2c(c1)cc1n2C(CC(=O)NC2CCCCC2)CNC1=O. The van der Waals surface area contributed by atoms with E-state index in [-0.39, 0.29) is 29.9 Å². The summed E-state index contributed by atoms with van der Waals surface area (Å²) in [5.41, 5.74) is 2.09. The minimum atomic E-state index is -0.253. The van der Waals surface area contributed by atoms with E-state index in [1.54, 1.807) is 0 Å². The zero-order valence-corrected chi connectivity index (χ0v) is 18.9. The summed E-state index contributed by atoms with van der Waals surface area (Å²) in [6, 6.07) is 7.30. The Morgan fingerprint density at radius 3 is 2.69 bits per heavy atom. The average Bonchev–Trinajstić information content (AvgIpc) is 3.15. The summed E-state index contributed by atoms with van der Waals surface area (Å²) in [4.78, 5) is 37.3. The molecule has 1 saturated carbocycles. The van der Waals surface area contributed by atoms with Crippen molar-refractivity contribution in [2.75, 3.05) is 18.4 Å². The summed E-state index contributed by atoms with van der Waals surface area (Å²) in [7, 11) is 0. The summed E-state index contributed by atoms with van der Waals surface area (Å²) >= 11 is 0. The molecule has 2 heterocycles. The van der Waals surface area contributed by atoms with Crippen molar-refractivity contribution in [3.8, 4) is 0 Å². The Morgan fingerprint density at radius 2 is 1.94 bits per heavy atom. The second-order valence-corrected chi connectivity index (χ2v) is 9.37. The number of anilines is 1. The van der Waals surface area contributed by atoms with Crippen LogP contribution in [0.2, 0.25) is 0 Å². The van der Waals surface area contributed by atoms with Crippen LogP contribution in [-0.2, 0) is 4.79 Å². The summed E-state index contributed by atoms with van der Waals surface area (Å²) in [6.07, 6.45) is 6.00. The highest BCUT2D eigenvalue weighted by molar-refractivity contribution is 6.01. The van der Waals surface area contributed by atoms with Gasteiger partial charge in [0.25, 0.3) is 5.91 Å². The topological polar surface area (TPSA) is 104 Å². The predicted molar refractivity (Wildman–Crippen MR) is 125 cm³/mol. The molecule has 0 bridgehead atoms. The van der Waals surface area contributed by atoms with Gasteiger partial charge in [0.2, 0.25) is 5.91 Å². The lowest BCUT2D eigenvalue weighted by molar-refractivity contribution is -0.122. The van der Waals surface area contributed by atoms with E-state index in [1.807, 2.05) is 42.7 Å². The number of aromatic nitrogens is 1. The van der Waals surface area contributed by atoms with E-state index in [4.69, 9.17) is 0 Å². The van der Waals surface area contributed by atoms with E-state index >= 15 is 0 Å². The molecule has 2 aromatic rings. The van der Waals surface area contributed by atoms with Gasteiger partial charge < -0.3 is 25.8 Å². The number of hydrogen-bond donors (Lipinski definition) is 4. The minimum Gasteiger partial charge on any atom is -0.353 e. The Balaban J connectivity index is 1.50. The van der Waals surface area contributed by atoms with E-state index < -0.39 is 0 Å². The summed E-state index contributed by atoms with van der Waals surface area (Å²) in [5.74, 6) is 0.257. The second kappa shape index (κ2) is 9.63. The molecule has 1 fully saturated rings. The number of nitrogens with one attached hydrogen (secondary N) is 4. The van der Waals surface area contributed by atoms with Gasteiger partial charge in [-0.2, -0.15) is 0 Å². The van der Waals surface area contributed by atoms with Gasteiger partial charge in [0.15, 0.2) is 0 Å². The standard InChI is InChI=1S/C24H33N5O3/c1-15(2)13-26-24(32)28-18-8-9-20-16(10-18)11-21-23(31)25-14-19(29(20)21)12-22(30)27-17-6-4-3-5-7-17/h8-11,15,17,19H,3-7,12-14H2,1-2H3,(H,25,31)(H,27,30)(H2,26,28,32). The van der Waals surface area contributed by atoms with Crippen LogP contribution in [0.1, 0.15) is 68.9 Å². The lowest BCUT2D eigenvalue weighted by atomic mass is 9.95. The third-order valence-corrected chi connectivity index (χ3v) is 6.25. The average molecular weight is 440 g/mol. The third kappa shape index (κ3) is 5.06. The number of carbonyl (C=O) groups excluding carboxylic acids is 3. The van der Waals surface area contributed by atoms with E-state index in [0.717, 1.165) is 23.7 Å². The van der Waals surface area contributed by atoms with Crippen molar-refractivity contribution in [1.82, 2.24) is 20.5 Å². The number of rotatable bonds is 6. The fraction of sp³-hybridized carbons (Fsp3) is 0.542. The number of fused-ring (bicyclic) bond motifs is 3. The third-order valence-electron chi connectivity index (χ3n) is 6.25. The molecule has 0 spiro atoms. The van der Waals surface area contributed by atoms with E-state index in [1.165, 1.54) is 19.3 Å². The Kier molecular flexibility index (Phi) is 6.67. The normalized spacial score (nSPS) is 18.8. The van der Waals surface area contributed by atoms with Crippen molar-refractivity contribution in [2.45, 2.75) is 64.5 Å². The first kappa shape index (κ1) is 22.2. The molecule has 1 unspecified atom stereocenters. The number of hydrogen-bond acceptors (Lipinski definition) is 3. The molecule has 1 atom stereocenters. The largest absolute Gasteiger partial charge is 0.353 e. The van der Waals surface area contributed by atoms with Crippen LogP contribution < -0.4 is 21.3 Å². The zero-order chi connectivity index (χ0) is 22.7. The van der Waals surface area contributed by atoms with Crippen molar-refractivity contribution < 1.29 is 14.4 Å². The molecule has 1 aromatic heterocycles. The van der Waals surface area contributed by atoms with Gasteiger partial charge in [-0.25, -0.2) is 4.79 Å². The van der Waals surface area contributed by atoms with Crippen LogP contribution in [0.3, 0.4) is 0 Å². The van der Waals surface area contributed by atoms with Crippen LogP contribution >= 0.6 is 0 Å². The Bertz CT molecular complexity index is 1010. The second-order valence-electron chi connectivity index (χ2n) is 9.37. The van der Waals surface area contributed by atoms with Gasteiger partial charge in [-0.3, -0.25) is 9.59 Å². The molecular formula is C24H33N5O3. The molecule has 4 amide bonds. The molecule has 8 nitrogen and oxygen atoms in total. The Hall–Kier alpha value is -3.03. The molecule has 1 aromatic carbocycles. The van der Waals surface area contributed by atoms with Crippen molar-refractivity contribution in [2.24, 2.45) is 5.92 Å². The first-order chi connectivity index (χ1) is 15.4. The van der Waals surface area contributed by atoms with Gasteiger partial charge in [-0.1, -0.05) is 33.1 Å². The quantitative estimate of drug-likeness (QED) is 0.553. The first-order valence-corrected chi connectivity index (χ1v) is 11.7. The molecule has 4 N–H and O–H groups in total. The summed E-state index contributed by atoms with van der Waals surface area (Å²) < 4.78 is 1.97. The van der Waals surface area contributed by atoms with Gasteiger partial charge in [0.05, 0.1) is 6.04 Å². The molecule has 1 aliphatic carbocycles. The van der Waals surface area contributed by atoms with Gasteiger partial charge in [-0.05, 0) is 43.0 Å². The number of benzene rings is 1. The van der Waals surface area contributed by atoms with Crippen LogP contribution in [0.4, 0.5) is 10.5 Å². The maximum Gasteiger partial charge on any atom is 0.319 e. The van der Waals surface area contributed by atoms with E-state index in [9.17, 15) is 14.4 Å². The smallest absolute Gasteiger partial charge is 0.319 e. The van der Waals surface area contributed by atoms with Gasteiger partial charge in [0.1, 0.15) is 5.69 Å². The number of carbonyl (C=O) groups is 3. The maximum absolute atomic E-state index is 12.7. The zero-order valence-electron chi connectivity index (χ0n) is 18.9. The molecule has 32 heavy (non-hydrogen) atoms. The van der Waals surface area contributed by atoms with Crippen molar-refractivity contribution in [1.29, 1.82) is 0 Å². The number of nitrogens with zero attached hydrogens (tertiary/aromatic N) is 1. The van der Waals surface area contributed by atoms with Crippen molar-refractivity contribution in [3.63, 3.8) is 0 Å². The van der Waals surface area contributed by atoms with Gasteiger partial charge >= 0.3 is 6.03 Å². The van der Waals surface area contributed by atoms with Crippen LogP contribution in [-0.4, -0.2) is 41.5 Å².